The maximum absolute atomic E-state index is 4.67. The number of pyridine rings is 1. The van der Waals surface area contributed by atoms with Crippen molar-refractivity contribution in [3.8, 4) is 0 Å². The second-order valence-electron chi connectivity index (χ2n) is 4.93. The maximum atomic E-state index is 4.67. The molecule has 2 rings (SSSR count). The van der Waals surface area contributed by atoms with Crippen molar-refractivity contribution < 1.29 is 0 Å². The van der Waals surface area contributed by atoms with Gasteiger partial charge in [-0.3, -0.25) is 9.98 Å². The van der Waals surface area contributed by atoms with Crippen molar-refractivity contribution >= 4 is 16.9 Å². The molecule has 4 heteroatoms. The normalized spacial score (nSPS) is 26.0. The molecule has 0 bridgehead atoms. The third kappa shape index (κ3) is 3.73. The van der Waals surface area contributed by atoms with Gasteiger partial charge in [-0.25, -0.2) is 0 Å². The smallest absolute Gasteiger partial charge is 0.156 e. The Morgan fingerprint density at radius 1 is 1.44 bits per heavy atom. The minimum atomic E-state index is 0.237. The predicted octanol–water partition coefficient (Wildman–Crippen LogP) is 2.88. The van der Waals surface area contributed by atoms with Crippen LogP contribution in [0.1, 0.15) is 32.3 Å². The van der Waals surface area contributed by atoms with Gasteiger partial charge in [0, 0.05) is 30.2 Å². The minimum absolute atomic E-state index is 0.237. The number of aliphatic imine (C=N–C) groups is 1. The molecule has 18 heavy (non-hydrogen) atoms. The Kier molecular flexibility index (Phi) is 4.64. The number of hydrogen-bond donors (Lipinski definition) is 1. The molecule has 0 aliphatic carbocycles. The SMILES string of the molecule is CCC1(C)CCSC(=NCCc2ccncc2)N1. The average Bonchev–Trinajstić information content (AvgIpc) is 2.40. The summed E-state index contributed by atoms with van der Waals surface area (Å²) in [6.45, 7) is 5.36. The molecule has 1 aliphatic heterocycles. The number of amidine groups is 1. The van der Waals surface area contributed by atoms with Gasteiger partial charge in [0.2, 0.25) is 0 Å². The van der Waals surface area contributed by atoms with Gasteiger partial charge in [0.1, 0.15) is 0 Å². The van der Waals surface area contributed by atoms with E-state index in [1.165, 1.54) is 17.7 Å². The van der Waals surface area contributed by atoms with E-state index in [1.807, 2.05) is 24.2 Å². The lowest BCUT2D eigenvalue weighted by molar-refractivity contribution is 0.390. The lowest BCUT2D eigenvalue weighted by Crippen LogP contribution is -2.48. The zero-order valence-electron chi connectivity index (χ0n) is 11.1. The van der Waals surface area contributed by atoms with Crippen LogP contribution in [0.15, 0.2) is 29.5 Å². The molecule has 98 valence electrons. The van der Waals surface area contributed by atoms with Gasteiger partial charge in [0.15, 0.2) is 5.17 Å². The third-order valence-electron chi connectivity index (χ3n) is 3.49. The zero-order chi connectivity index (χ0) is 12.8. The molecule has 0 saturated carbocycles. The molecule has 1 N–H and O–H groups in total. The molecule has 1 aromatic heterocycles. The van der Waals surface area contributed by atoms with E-state index in [-0.39, 0.29) is 5.54 Å². The van der Waals surface area contributed by atoms with Crippen molar-refractivity contribution in [2.45, 2.75) is 38.6 Å². The Hall–Kier alpha value is -1.03. The van der Waals surface area contributed by atoms with Crippen LogP contribution < -0.4 is 5.32 Å². The molecule has 1 unspecified atom stereocenters. The Labute approximate surface area is 113 Å². The van der Waals surface area contributed by atoms with Crippen LogP contribution in [0.4, 0.5) is 0 Å². The monoisotopic (exact) mass is 263 g/mol. The first-order valence-electron chi connectivity index (χ1n) is 6.56. The molecule has 3 nitrogen and oxygen atoms in total. The summed E-state index contributed by atoms with van der Waals surface area (Å²) in [6.07, 6.45) is 7.03. The molecular formula is C14H21N3S. The molecule has 0 spiro atoms. The van der Waals surface area contributed by atoms with Crippen LogP contribution in [0.5, 0.6) is 0 Å². The molecule has 0 radical (unpaired) electrons. The Balaban J connectivity index is 1.86. The van der Waals surface area contributed by atoms with E-state index >= 15 is 0 Å². The fourth-order valence-electron chi connectivity index (χ4n) is 1.92. The van der Waals surface area contributed by atoms with Crippen LogP contribution in [-0.4, -0.2) is 28.0 Å². The Morgan fingerprint density at radius 3 is 2.94 bits per heavy atom. The highest BCUT2D eigenvalue weighted by Crippen LogP contribution is 2.24. The molecule has 2 heterocycles. The van der Waals surface area contributed by atoms with Crippen LogP contribution in [-0.2, 0) is 6.42 Å². The van der Waals surface area contributed by atoms with Crippen LogP contribution in [0.3, 0.4) is 0 Å². The first kappa shape index (κ1) is 13.4. The number of nitrogens with zero attached hydrogens (tertiary/aromatic N) is 2. The van der Waals surface area contributed by atoms with Crippen molar-refractivity contribution in [3.05, 3.63) is 30.1 Å². The number of thioether (sulfide) groups is 1. The maximum Gasteiger partial charge on any atom is 0.156 e. The van der Waals surface area contributed by atoms with E-state index in [1.54, 1.807) is 0 Å². The summed E-state index contributed by atoms with van der Waals surface area (Å²) in [4.78, 5) is 8.69. The van der Waals surface area contributed by atoms with Crippen LogP contribution >= 0.6 is 11.8 Å². The van der Waals surface area contributed by atoms with Crippen molar-refractivity contribution in [1.29, 1.82) is 0 Å². The number of aromatic nitrogens is 1. The minimum Gasteiger partial charge on any atom is -0.360 e. The van der Waals surface area contributed by atoms with E-state index in [2.05, 4.69) is 41.3 Å². The molecular weight excluding hydrogens is 242 g/mol. The topological polar surface area (TPSA) is 37.3 Å². The van der Waals surface area contributed by atoms with Crippen molar-refractivity contribution in [2.75, 3.05) is 12.3 Å². The summed E-state index contributed by atoms with van der Waals surface area (Å²) in [6, 6.07) is 4.11. The molecule has 1 aromatic rings. The van der Waals surface area contributed by atoms with E-state index in [9.17, 15) is 0 Å². The summed E-state index contributed by atoms with van der Waals surface area (Å²) in [5, 5.41) is 4.68. The van der Waals surface area contributed by atoms with E-state index in [4.69, 9.17) is 0 Å². The van der Waals surface area contributed by atoms with Gasteiger partial charge in [0.05, 0.1) is 0 Å². The van der Waals surface area contributed by atoms with Crippen molar-refractivity contribution in [2.24, 2.45) is 4.99 Å². The standard InChI is InChI=1S/C14H21N3S/c1-3-14(2)7-11-18-13(17-14)16-10-6-12-4-8-15-9-5-12/h4-5,8-9H,3,6-7,10-11H2,1-2H3,(H,16,17). The van der Waals surface area contributed by atoms with Crippen LogP contribution in [0.25, 0.3) is 0 Å². The van der Waals surface area contributed by atoms with Gasteiger partial charge in [-0.05, 0) is 43.9 Å². The van der Waals surface area contributed by atoms with Crippen molar-refractivity contribution in [3.63, 3.8) is 0 Å². The summed E-state index contributed by atoms with van der Waals surface area (Å²) < 4.78 is 0. The zero-order valence-corrected chi connectivity index (χ0v) is 12.0. The highest BCUT2D eigenvalue weighted by Gasteiger charge is 2.27. The molecule has 1 fully saturated rings. The second-order valence-corrected chi connectivity index (χ2v) is 6.01. The van der Waals surface area contributed by atoms with E-state index in [0.29, 0.717) is 0 Å². The fraction of sp³-hybridized carbons (Fsp3) is 0.571. The molecule has 1 saturated heterocycles. The summed E-state index contributed by atoms with van der Waals surface area (Å²) in [7, 11) is 0. The highest BCUT2D eigenvalue weighted by molar-refractivity contribution is 8.13. The molecule has 0 amide bonds. The fourth-order valence-corrected chi connectivity index (χ4v) is 3.16. The largest absolute Gasteiger partial charge is 0.360 e. The average molecular weight is 263 g/mol. The quantitative estimate of drug-likeness (QED) is 0.907. The van der Waals surface area contributed by atoms with E-state index in [0.717, 1.165) is 24.6 Å². The molecule has 1 aliphatic rings. The molecule has 1 atom stereocenters. The third-order valence-corrected chi connectivity index (χ3v) is 4.40. The van der Waals surface area contributed by atoms with Gasteiger partial charge in [-0.2, -0.15) is 0 Å². The van der Waals surface area contributed by atoms with Gasteiger partial charge in [-0.1, -0.05) is 18.7 Å². The first-order valence-corrected chi connectivity index (χ1v) is 7.55. The van der Waals surface area contributed by atoms with Gasteiger partial charge >= 0.3 is 0 Å². The summed E-state index contributed by atoms with van der Waals surface area (Å²) >= 11 is 1.84. The second kappa shape index (κ2) is 6.23. The lowest BCUT2D eigenvalue weighted by Gasteiger charge is -2.35. The number of nitrogens with one attached hydrogen (secondary N) is 1. The molecule has 0 aromatic carbocycles. The van der Waals surface area contributed by atoms with Crippen molar-refractivity contribution in [1.82, 2.24) is 10.3 Å². The first-order chi connectivity index (χ1) is 8.72. The number of rotatable bonds is 4. The number of hydrogen-bond acceptors (Lipinski definition) is 3. The van der Waals surface area contributed by atoms with Gasteiger partial charge in [-0.15, -0.1) is 0 Å². The van der Waals surface area contributed by atoms with Gasteiger partial charge < -0.3 is 5.32 Å². The summed E-state index contributed by atoms with van der Waals surface area (Å²) in [5.74, 6) is 1.17. The predicted molar refractivity (Wildman–Crippen MR) is 79.1 cm³/mol. The van der Waals surface area contributed by atoms with Crippen LogP contribution in [0.2, 0.25) is 0 Å². The Bertz CT molecular complexity index is 405. The van der Waals surface area contributed by atoms with Crippen LogP contribution in [0, 0.1) is 0 Å². The highest BCUT2D eigenvalue weighted by atomic mass is 32.2. The van der Waals surface area contributed by atoms with Gasteiger partial charge in [0.25, 0.3) is 0 Å². The van der Waals surface area contributed by atoms with E-state index < -0.39 is 0 Å². The Morgan fingerprint density at radius 2 is 2.22 bits per heavy atom. The lowest BCUT2D eigenvalue weighted by atomic mass is 9.96. The summed E-state index contributed by atoms with van der Waals surface area (Å²) in [5.41, 5.74) is 1.54.